The van der Waals surface area contributed by atoms with Gasteiger partial charge in [0.2, 0.25) is 5.91 Å². The summed E-state index contributed by atoms with van der Waals surface area (Å²) in [6.07, 6.45) is 5.46. The number of carbonyl (C=O) groups excluding carboxylic acids is 1. The summed E-state index contributed by atoms with van der Waals surface area (Å²) >= 11 is 0. The first kappa shape index (κ1) is 12.2. The number of nitrogens with two attached hydrogens (primary N) is 1. The van der Waals surface area contributed by atoms with E-state index >= 15 is 0 Å². The number of amidine groups is 1. The van der Waals surface area contributed by atoms with Gasteiger partial charge in [0.05, 0.1) is 5.92 Å². The Kier molecular flexibility index (Phi) is 3.54. The van der Waals surface area contributed by atoms with E-state index in [2.05, 4.69) is 10.5 Å². The molecule has 2 aliphatic carbocycles. The molecule has 4 atom stereocenters. The van der Waals surface area contributed by atoms with Gasteiger partial charge in [-0.15, -0.1) is 0 Å². The molecule has 0 radical (unpaired) electrons. The topological polar surface area (TPSA) is 87.7 Å². The van der Waals surface area contributed by atoms with Crippen LogP contribution in [-0.4, -0.2) is 23.0 Å². The van der Waals surface area contributed by atoms with Crippen LogP contribution in [0.2, 0.25) is 0 Å². The highest BCUT2D eigenvalue weighted by Crippen LogP contribution is 2.44. The van der Waals surface area contributed by atoms with Gasteiger partial charge in [0.1, 0.15) is 0 Å². The fourth-order valence-corrected chi connectivity index (χ4v) is 3.30. The SMILES string of the molecule is CCC(C(=O)NC1CC2CCC1C2)C(N)=NO. The minimum absolute atomic E-state index is 0.00755. The highest BCUT2D eigenvalue weighted by molar-refractivity contribution is 6.02. The van der Waals surface area contributed by atoms with Gasteiger partial charge < -0.3 is 16.3 Å². The average molecular weight is 239 g/mol. The van der Waals surface area contributed by atoms with Crippen molar-refractivity contribution < 1.29 is 10.0 Å². The molecule has 5 nitrogen and oxygen atoms in total. The summed E-state index contributed by atoms with van der Waals surface area (Å²) in [5.74, 6) is 0.857. The lowest BCUT2D eigenvalue weighted by molar-refractivity contribution is -0.124. The lowest BCUT2D eigenvalue weighted by Crippen LogP contribution is -2.45. The van der Waals surface area contributed by atoms with Crippen LogP contribution in [0.5, 0.6) is 0 Å². The van der Waals surface area contributed by atoms with Crippen molar-refractivity contribution in [3.8, 4) is 0 Å². The summed E-state index contributed by atoms with van der Waals surface area (Å²) in [4.78, 5) is 12.0. The molecular formula is C12H21N3O2. The van der Waals surface area contributed by atoms with Gasteiger partial charge in [-0.25, -0.2) is 0 Å². The van der Waals surface area contributed by atoms with E-state index < -0.39 is 5.92 Å². The van der Waals surface area contributed by atoms with Crippen LogP contribution in [0.3, 0.4) is 0 Å². The van der Waals surface area contributed by atoms with Gasteiger partial charge >= 0.3 is 0 Å². The van der Waals surface area contributed by atoms with Crippen LogP contribution >= 0.6 is 0 Å². The molecule has 17 heavy (non-hydrogen) atoms. The zero-order chi connectivity index (χ0) is 12.4. The number of rotatable bonds is 4. The molecule has 4 unspecified atom stereocenters. The first-order valence-electron chi connectivity index (χ1n) is 6.43. The highest BCUT2D eigenvalue weighted by Gasteiger charge is 2.40. The number of amides is 1. The third kappa shape index (κ3) is 2.37. The Hall–Kier alpha value is -1.26. The van der Waals surface area contributed by atoms with Crippen molar-refractivity contribution >= 4 is 11.7 Å². The number of oxime groups is 1. The Morgan fingerprint density at radius 1 is 1.53 bits per heavy atom. The average Bonchev–Trinajstić information content (AvgIpc) is 2.91. The van der Waals surface area contributed by atoms with Gasteiger partial charge in [0.15, 0.2) is 5.84 Å². The van der Waals surface area contributed by atoms with Crippen LogP contribution in [-0.2, 0) is 4.79 Å². The van der Waals surface area contributed by atoms with Gasteiger partial charge in [0.25, 0.3) is 0 Å². The molecule has 2 rings (SSSR count). The van der Waals surface area contributed by atoms with Crippen LogP contribution in [0.4, 0.5) is 0 Å². The maximum atomic E-state index is 12.0. The Labute approximate surface area is 101 Å². The highest BCUT2D eigenvalue weighted by atomic mass is 16.4. The van der Waals surface area contributed by atoms with Crippen molar-refractivity contribution in [1.82, 2.24) is 5.32 Å². The zero-order valence-electron chi connectivity index (χ0n) is 10.2. The van der Waals surface area contributed by atoms with Crippen molar-refractivity contribution in [1.29, 1.82) is 0 Å². The van der Waals surface area contributed by atoms with E-state index in [0.29, 0.717) is 18.4 Å². The van der Waals surface area contributed by atoms with E-state index in [1.54, 1.807) is 0 Å². The third-order valence-corrected chi connectivity index (χ3v) is 4.26. The molecule has 2 saturated carbocycles. The van der Waals surface area contributed by atoms with Crippen molar-refractivity contribution in [2.75, 3.05) is 0 Å². The molecule has 0 aromatic heterocycles. The number of hydrogen-bond donors (Lipinski definition) is 3. The summed E-state index contributed by atoms with van der Waals surface area (Å²) in [6, 6.07) is 0.307. The van der Waals surface area contributed by atoms with Crippen LogP contribution in [0.15, 0.2) is 5.16 Å². The lowest BCUT2D eigenvalue weighted by atomic mass is 9.94. The van der Waals surface area contributed by atoms with Gasteiger partial charge in [0, 0.05) is 6.04 Å². The van der Waals surface area contributed by atoms with E-state index in [1.165, 1.54) is 19.3 Å². The number of fused-ring (bicyclic) bond motifs is 2. The number of hydrogen-bond acceptors (Lipinski definition) is 3. The predicted octanol–water partition coefficient (Wildman–Crippen LogP) is 1.06. The summed E-state index contributed by atoms with van der Waals surface area (Å²) in [5, 5.41) is 14.6. The molecule has 2 fully saturated rings. The Balaban J connectivity index is 1.92. The molecule has 0 spiro atoms. The third-order valence-electron chi connectivity index (χ3n) is 4.26. The van der Waals surface area contributed by atoms with Gasteiger partial charge in [-0.3, -0.25) is 4.79 Å². The van der Waals surface area contributed by atoms with Crippen molar-refractivity contribution in [2.24, 2.45) is 28.6 Å². The minimum atomic E-state index is -0.501. The van der Waals surface area contributed by atoms with Gasteiger partial charge in [-0.2, -0.15) is 0 Å². The van der Waals surface area contributed by atoms with Gasteiger partial charge in [-0.1, -0.05) is 18.5 Å². The van der Waals surface area contributed by atoms with Gasteiger partial charge in [-0.05, 0) is 37.5 Å². The smallest absolute Gasteiger partial charge is 0.231 e. The second kappa shape index (κ2) is 4.94. The number of nitrogens with zero attached hydrogens (tertiary/aromatic N) is 1. The largest absolute Gasteiger partial charge is 0.409 e. The Morgan fingerprint density at radius 3 is 2.76 bits per heavy atom. The maximum absolute atomic E-state index is 12.0. The monoisotopic (exact) mass is 239 g/mol. The molecule has 0 aliphatic heterocycles. The Morgan fingerprint density at radius 2 is 2.29 bits per heavy atom. The van der Waals surface area contributed by atoms with Crippen LogP contribution < -0.4 is 11.1 Å². The van der Waals surface area contributed by atoms with Crippen LogP contribution in [0.25, 0.3) is 0 Å². The zero-order valence-corrected chi connectivity index (χ0v) is 10.2. The first-order valence-corrected chi connectivity index (χ1v) is 6.43. The molecule has 96 valence electrons. The van der Waals surface area contributed by atoms with Crippen molar-refractivity contribution in [2.45, 2.75) is 45.1 Å². The fraction of sp³-hybridized carbons (Fsp3) is 0.833. The summed E-state index contributed by atoms with van der Waals surface area (Å²) in [5.41, 5.74) is 5.52. The molecular weight excluding hydrogens is 218 g/mol. The number of carbonyl (C=O) groups is 1. The quantitative estimate of drug-likeness (QED) is 0.297. The van der Waals surface area contributed by atoms with Crippen molar-refractivity contribution in [3.63, 3.8) is 0 Å². The molecule has 0 saturated heterocycles. The molecule has 2 bridgehead atoms. The molecule has 1 amide bonds. The maximum Gasteiger partial charge on any atom is 0.231 e. The van der Waals surface area contributed by atoms with Crippen molar-refractivity contribution in [3.05, 3.63) is 0 Å². The molecule has 4 N–H and O–H groups in total. The molecule has 2 aliphatic rings. The lowest BCUT2D eigenvalue weighted by Gasteiger charge is -2.25. The summed E-state index contributed by atoms with van der Waals surface area (Å²) < 4.78 is 0. The number of nitrogens with one attached hydrogen (secondary N) is 1. The fourth-order valence-electron chi connectivity index (χ4n) is 3.30. The summed E-state index contributed by atoms with van der Waals surface area (Å²) in [6.45, 7) is 1.86. The minimum Gasteiger partial charge on any atom is -0.409 e. The first-order chi connectivity index (χ1) is 8.15. The standard InChI is InChI=1S/C12H21N3O2/c1-2-9(11(13)15-17)12(16)14-10-6-7-3-4-8(10)5-7/h7-10,17H,2-6H2,1H3,(H2,13,15)(H,14,16). The second-order valence-electron chi connectivity index (χ2n) is 5.28. The molecule has 5 heteroatoms. The van der Waals surface area contributed by atoms with E-state index in [1.807, 2.05) is 6.92 Å². The molecule has 0 heterocycles. The summed E-state index contributed by atoms with van der Waals surface area (Å²) in [7, 11) is 0. The molecule has 0 aromatic rings. The molecule has 0 aromatic carbocycles. The van der Waals surface area contributed by atoms with E-state index in [-0.39, 0.29) is 11.7 Å². The van der Waals surface area contributed by atoms with E-state index in [4.69, 9.17) is 10.9 Å². The predicted molar refractivity (Wildman–Crippen MR) is 64.6 cm³/mol. The van der Waals surface area contributed by atoms with Crippen LogP contribution in [0.1, 0.15) is 39.0 Å². The Bertz CT molecular complexity index is 330. The van der Waals surface area contributed by atoms with E-state index in [0.717, 1.165) is 12.3 Å². The van der Waals surface area contributed by atoms with E-state index in [9.17, 15) is 4.79 Å². The second-order valence-corrected chi connectivity index (χ2v) is 5.28. The normalized spacial score (nSPS) is 33.7. The van der Waals surface area contributed by atoms with Crippen LogP contribution in [0, 0.1) is 17.8 Å².